The van der Waals surface area contributed by atoms with Crippen molar-refractivity contribution in [2.75, 3.05) is 25.6 Å². The molecule has 1 aromatic heterocycles. The Bertz CT molecular complexity index is 825. The smallest absolute Gasteiger partial charge is 0.395 e. The fourth-order valence-corrected chi connectivity index (χ4v) is 2.62. The van der Waals surface area contributed by atoms with Gasteiger partial charge < -0.3 is 25.1 Å². The third-order valence-corrected chi connectivity index (χ3v) is 3.91. The van der Waals surface area contributed by atoms with E-state index in [0.29, 0.717) is 5.56 Å². The maximum absolute atomic E-state index is 12.2. The molecule has 0 saturated carbocycles. The van der Waals surface area contributed by atoms with Crippen molar-refractivity contribution in [2.24, 2.45) is 10.1 Å². The van der Waals surface area contributed by atoms with E-state index in [4.69, 9.17) is 20.7 Å². The van der Waals surface area contributed by atoms with Gasteiger partial charge in [0, 0.05) is 29.6 Å². The second kappa shape index (κ2) is 10.1. The van der Waals surface area contributed by atoms with Gasteiger partial charge in [-0.15, -0.1) is 13.2 Å². The van der Waals surface area contributed by atoms with E-state index in [1.165, 1.54) is 6.20 Å². The zero-order chi connectivity index (χ0) is 21.4. The second-order valence-corrected chi connectivity index (χ2v) is 5.78. The molecule has 0 bridgehead atoms. The number of nitrogens with two attached hydrogens (primary N) is 1. The lowest BCUT2D eigenvalue weighted by molar-refractivity contribution is -0.280. The van der Waals surface area contributed by atoms with E-state index in [0.717, 1.165) is 4.57 Å². The maximum Gasteiger partial charge on any atom is 0.573 e. The van der Waals surface area contributed by atoms with Crippen LogP contribution in [0.2, 0.25) is 0 Å². The Kier molecular flexibility index (Phi) is 7.78. The van der Waals surface area contributed by atoms with Crippen molar-refractivity contribution in [3.63, 3.8) is 0 Å². The number of aliphatic hydroxyl groups is 1. The lowest BCUT2D eigenvalue weighted by Crippen LogP contribution is -2.29. The third kappa shape index (κ3) is 6.60. The van der Waals surface area contributed by atoms with Gasteiger partial charge in [-0.25, -0.2) is 4.79 Å². The first-order chi connectivity index (χ1) is 13.7. The van der Waals surface area contributed by atoms with Gasteiger partial charge in [-0.05, 0) is 12.0 Å². The van der Waals surface area contributed by atoms with E-state index < -0.39 is 37.1 Å². The molecule has 2 heterocycles. The van der Waals surface area contributed by atoms with Gasteiger partial charge in [-0.1, -0.05) is 5.11 Å². The summed E-state index contributed by atoms with van der Waals surface area (Å²) in [4.78, 5) is 21.9. The van der Waals surface area contributed by atoms with Gasteiger partial charge in [-0.2, -0.15) is 4.98 Å². The molecular weight excluding hydrogens is 403 g/mol. The highest BCUT2D eigenvalue weighted by Crippen LogP contribution is 2.30. The van der Waals surface area contributed by atoms with Crippen LogP contribution in [0.5, 0.6) is 0 Å². The van der Waals surface area contributed by atoms with Crippen LogP contribution in [0.3, 0.4) is 0 Å². The van der Waals surface area contributed by atoms with E-state index >= 15 is 0 Å². The highest BCUT2D eigenvalue weighted by atomic mass is 19.4. The van der Waals surface area contributed by atoms with Crippen molar-refractivity contribution in [1.82, 2.24) is 9.55 Å². The standard InChI is InChI=1S/C14H18F3N7O5/c15-14(16,17)28-6-20-2-1-8-4-24(13(26)22-12(8)18)11-3-9(10(5-25)29-11)27-7-21-23-19/h4,6,9-11,25H,1-3,5,7H2,(H2,18,22,26). The van der Waals surface area contributed by atoms with Crippen molar-refractivity contribution >= 4 is 12.2 Å². The van der Waals surface area contributed by atoms with Crippen molar-refractivity contribution in [2.45, 2.75) is 37.6 Å². The molecule has 0 spiro atoms. The Morgan fingerprint density at radius 2 is 2.31 bits per heavy atom. The fraction of sp³-hybridized carbons (Fsp3) is 0.643. The molecule has 1 fully saturated rings. The van der Waals surface area contributed by atoms with Crippen molar-refractivity contribution < 1.29 is 32.5 Å². The van der Waals surface area contributed by atoms with E-state index in [2.05, 4.69) is 24.7 Å². The molecule has 0 radical (unpaired) electrons. The summed E-state index contributed by atoms with van der Waals surface area (Å²) in [6.45, 7) is -0.760. The molecule has 3 unspecified atom stereocenters. The molecule has 3 atom stereocenters. The summed E-state index contributed by atoms with van der Waals surface area (Å²) < 4.78 is 51.1. The molecule has 1 aliphatic heterocycles. The summed E-state index contributed by atoms with van der Waals surface area (Å²) in [6, 6.07) is 0. The topological polar surface area (TPSA) is 170 Å². The van der Waals surface area contributed by atoms with Crippen LogP contribution >= 0.6 is 0 Å². The monoisotopic (exact) mass is 421 g/mol. The molecule has 2 rings (SSSR count). The zero-order valence-electron chi connectivity index (χ0n) is 14.9. The molecule has 160 valence electrons. The Balaban J connectivity index is 2.08. The number of aliphatic imine (C=N–C) groups is 1. The number of aliphatic hydroxyl groups excluding tert-OH is 1. The first kappa shape index (κ1) is 22.4. The molecule has 3 N–H and O–H groups in total. The fourth-order valence-electron chi connectivity index (χ4n) is 2.62. The SMILES string of the molecule is [N-]=[N+]=NCOC1CC(n2cc(CCN=COC(F)(F)F)c(N)nc2=O)OC1CO. The Hall–Kier alpha value is -2.87. The van der Waals surface area contributed by atoms with Gasteiger partial charge in [0.05, 0.1) is 12.7 Å². The largest absolute Gasteiger partial charge is 0.573 e. The summed E-state index contributed by atoms with van der Waals surface area (Å²) in [5, 5.41) is 12.6. The van der Waals surface area contributed by atoms with E-state index in [-0.39, 0.29) is 38.3 Å². The highest BCUT2D eigenvalue weighted by Gasteiger charge is 2.37. The van der Waals surface area contributed by atoms with Crippen molar-refractivity contribution in [3.8, 4) is 0 Å². The van der Waals surface area contributed by atoms with Gasteiger partial charge in [0.25, 0.3) is 0 Å². The van der Waals surface area contributed by atoms with Gasteiger partial charge in [-0.3, -0.25) is 9.56 Å². The van der Waals surface area contributed by atoms with Crippen LogP contribution in [-0.2, 0) is 20.6 Å². The number of anilines is 1. The summed E-state index contributed by atoms with van der Waals surface area (Å²) in [7, 11) is 0. The minimum Gasteiger partial charge on any atom is -0.395 e. The maximum atomic E-state index is 12.2. The number of alkyl halides is 3. The van der Waals surface area contributed by atoms with Crippen LogP contribution < -0.4 is 11.4 Å². The molecule has 29 heavy (non-hydrogen) atoms. The normalized spacial score (nSPS) is 22.0. The van der Waals surface area contributed by atoms with Crippen LogP contribution in [0.1, 0.15) is 18.2 Å². The average molecular weight is 421 g/mol. The number of hydrogen-bond donors (Lipinski definition) is 2. The minimum atomic E-state index is -4.82. The van der Waals surface area contributed by atoms with Crippen LogP contribution in [0.4, 0.5) is 19.0 Å². The number of nitrogen functional groups attached to an aromatic ring is 1. The number of halogens is 3. The molecule has 0 aromatic carbocycles. The number of hydrogen-bond acceptors (Lipinski definition) is 9. The molecule has 1 saturated heterocycles. The van der Waals surface area contributed by atoms with Crippen LogP contribution in [-0.4, -0.2) is 59.5 Å². The molecule has 1 aromatic rings. The minimum absolute atomic E-state index is 0.0871. The summed E-state index contributed by atoms with van der Waals surface area (Å²) in [5.41, 5.74) is 13.6. The van der Waals surface area contributed by atoms with Crippen LogP contribution in [0.15, 0.2) is 21.1 Å². The summed E-state index contributed by atoms with van der Waals surface area (Å²) >= 11 is 0. The number of aromatic nitrogens is 2. The molecule has 0 amide bonds. The first-order valence-electron chi connectivity index (χ1n) is 8.24. The van der Waals surface area contributed by atoms with Crippen molar-refractivity contribution in [1.29, 1.82) is 0 Å². The predicted octanol–water partition coefficient (Wildman–Crippen LogP) is 0.865. The van der Waals surface area contributed by atoms with Gasteiger partial charge >= 0.3 is 12.1 Å². The van der Waals surface area contributed by atoms with Gasteiger partial charge in [0.1, 0.15) is 24.9 Å². The summed E-state index contributed by atoms with van der Waals surface area (Å²) in [5.74, 6) is -0.0916. The lowest BCUT2D eigenvalue weighted by atomic mass is 10.2. The van der Waals surface area contributed by atoms with E-state index in [9.17, 15) is 23.1 Å². The van der Waals surface area contributed by atoms with E-state index in [1.807, 2.05) is 0 Å². The Morgan fingerprint density at radius 1 is 1.55 bits per heavy atom. The Labute approximate surface area is 161 Å². The molecule has 12 nitrogen and oxygen atoms in total. The second-order valence-electron chi connectivity index (χ2n) is 5.78. The highest BCUT2D eigenvalue weighted by molar-refractivity contribution is 5.46. The predicted molar refractivity (Wildman–Crippen MR) is 91.6 cm³/mol. The molecule has 0 aliphatic carbocycles. The first-order valence-corrected chi connectivity index (χ1v) is 8.24. The molecule has 15 heteroatoms. The number of rotatable bonds is 9. The molecular formula is C14H18F3N7O5. The average Bonchev–Trinajstić information content (AvgIpc) is 3.05. The van der Waals surface area contributed by atoms with E-state index in [1.54, 1.807) is 0 Å². The van der Waals surface area contributed by atoms with Gasteiger partial charge in [0.15, 0.2) is 6.40 Å². The number of ether oxygens (including phenoxy) is 3. The lowest BCUT2D eigenvalue weighted by Gasteiger charge is -2.16. The zero-order valence-corrected chi connectivity index (χ0v) is 14.9. The van der Waals surface area contributed by atoms with Crippen LogP contribution in [0, 0.1) is 0 Å². The quantitative estimate of drug-likeness (QED) is 0.196. The van der Waals surface area contributed by atoms with Crippen LogP contribution in [0.25, 0.3) is 10.4 Å². The van der Waals surface area contributed by atoms with Crippen molar-refractivity contribution in [3.05, 3.63) is 32.7 Å². The van der Waals surface area contributed by atoms with Gasteiger partial charge in [0.2, 0.25) is 0 Å². The number of azide groups is 1. The summed E-state index contributed by atoms with van der Waals surface area (Å²) in [6.07, 6.45) is -5.16. The number of nitrogens with zero attached hydrogens (tertiary/aromatic N) is 6. The third-order valence-electron chi connectivity index (χ3n) is 3.91. The Morgan fingerprint density at radius 3 is 2.97 bits per heavy atom. The molecule has 1 aliphatic rings.